The Labute approximate surface area is 155 Å². The Hall–Kier alpha value is -2.24. The van der Waals surface area contributed by atoms with Gasteiger partial charge in [-0.05, 0) is 62.1 Å². The molecule has 2 N–H and O–H groups in total. The molecule has 142 valence electrons. The predicted molar refractivity (Wildman–Crippen MR) is 100 cm³/mol. The fourth-order valence-electron chi connectivity index (χ4n) is 3.92. The summed E-state index contributed by atoms with van der Waals surface area (Å²) >= 11 is 0. The molecule has 2 unspecified atom stereocenters. The van der Waals surface area contributed by atoms with Gasteiger partial charge in [0.05, 0.1) is 13.2 Å². The van der Waals surface area contributed by atoms with Crippen molar-refractivity contribution in [3.63, 3.8) is 0 Å². The van der Waals surface area contributed by atoms with Crippen molar-refractivity contribution >= 4 is 12.1 Å². The summed E-state index contributed by atoms with van der Waals surface area (Å²) in [5.41, 5.74) is 4.01. The number of likely N-dealkylation sites (tertiary alicyclic amines) is 1. The third-order valence-corrected chi connectivity index (χ3v) is 5.41. The maximum atomic E-state index is 12.4. The van der Waals surface area contributed by atoms with Crippen molar-refractivity contribution in [1.82, 2.24) is 15.5 Å². The first-order chi connectivity index (χ1) is 12.6. The molecule has 1 aliphatic carbocycles. The summed E-state index contributed by atoms with van der Waals surface area (Å²) in [6.07, 6.45) is 6.21. The Morgan fingerprint density at radius 3 is 2.73 bits per heavy atom. The molecule has 0 spiro atoms. The number of carbonyl (C=O) groups is 2. The van der Waals surface area contributed by atoms with Crippen LogP contribution in [0.2, 0.25) is 0 Å². The van der Waals surface area contributed by atoms with E-state index >= 15 is 0 Å². The molecule has 0 radical (unpaired) electrons. The summed E-state index contributed by atoms with van der Waals surface area (Å²) in [6, 6.07) is 6.27. The standard InChI is InChI=1S/C20H29N3O3/c1-14(16-10-9-15-6-3-4-7-17(15)12-16)21-19(24)22-18-8-5-11-23(13-18)20(25)26-2/h9-10,12,14,18H,3-8,11,13H2,1-2H3,(H2,21,22,24). The highest BCUT2D eigenvalue weighted by molar-refractivity contribution is 5.75. The molecule has 0 saturated carbocycles. The van der Waals surface area contributed by atoms with E-state index in [9.17, 15) is 9.59 Å². The number of aryl methyl sites for hydroxylation is 2. The van der Waals surface area contributed by atoms with Gasteiger partial charge in [0.1, 0.15) is 0 Å². The SMILES string of the molecule is COC(=O)N1CCCC(NC(=O)NC(C)c2ccc3c(c2)CCCC3)C1. The fourth-order valence-corrected chi connectivity index (χ4v) is 3.92. The second-order valence-corrected chi connectivity index (χ2v) is 7.33. The van der Waals surface area contributed by atoms with E-state index in [4.69, 9.17) is 4.74 Å². The van der Waals surface area contributed by atoms with Gasteiger partial charge in [0.15, 0.2) is 0 Å². The van der Waals surface area contributed by atoms with Crippen molar-refractivity contribution in [2.45, 2.75) is 57.5 Å². The number of methoxy groups -OCH3 is 1. The summed E-state index contributed by atoms with van der Waals surface area (Å²) < 4.78 is 4.77. The van der Waals surface area contributed by atoms with E-state index in [-0.39, 0.29) is 24.2 Å². The number of amides is 3. The molecule has 6 heteroatoms. The molecular weight excluding hydrogens is 330 g/mol. The zero-order valence-electron chi connectivity index (χ0n) is 15.7. The van der Waals surface area contributed by atoms with Gasteiger partial charge in [0, 0.05) is 19.1 Å². The third-order valence-electron chi connectivity index (χ3n) is 5.41. The predicted octanol–water partition coefficient (Wildman–Crippen LogP) is 3.16. The maximum Gasteiger partial charge on any atom is 0.409 e. The smallest absolute Gasteiger partial charge is 0.409 e. The Kier molecular flexibility index (Phi) is 6.01. The summed E-state index contributed by atoms with van der Waals surface area (Å²) in [6.45, 7) is 3.18. The topological polar surface area (TPSA) is 70.7 Å². The number of nitrogens with one attached hydrogen (secondary N) is 2. The number of fused-ring (bicyclic) bond motifs is 1. The molecular formula is C20H29N3O3. The molecule has 0 aromatic heterocycles. The second-order valence-electron chi connectivity index (χ2n) is 7.33. The molecule has 6 nitrogen and oxygen atoms in total. The third kappa shape index (κ3) is 4.48. The number of ether oxygens (including phenoxy) is 1. The van der Waals surface area contributed by atoms with Gasteiger partial charge in [-0.1, -0.05) is 18.2 Å². The maximum absolute atomic E-state index is 12.4. The van der Waals surface area contributed by atoms with Gasteiger partial charge in [-0.3, -0.25) is 0 Å². The van der Waals surface area contributed by atoms with E-state index in [1.54, 1.807) is 4.90 Å². The van der Waals surface area contributed by atoms with Crippen LogP contribution in [0.5, 0.6) is 0 Å². The van der Waals surface area contributed by atoms with Crippen LogP contribution < -0.4 is 10.6 Å². The lowest BCUT2D eigenvalue weighted by molar-refractivity contribution is 0.108. The van der Waals surface area contributed by atoms with Crippen molar-refractivity contribution < 1.29 is 14.3 Å². The molecule has 2 aliphatic rings. The Morgan fingerprint density at radius 1 is 1.19 bits per heavy atom. The van der Waals surface area contributed by atoms with E-state index in [0.29, 0.717) is 13.1 Å². The summed E-state index contributed by atoms with van der Waals surface area (Å²) in [5, 5.41) is 6.01. The van der Waals surface area contributed by atoms with E-state index < -0.39 is 0 Å². The van der Waals surface area contributed by atoms with Crippen LogP contribution in [-0.2, 0) is 17.6 Å². The van der Waals surface area contributed by atoms with E-state index in [2.05, 4.69) is 28.8 Å². The molecule has 1 saturated heterocycles. The van der Waals surface area contributed by atoms with Crippen molar-refractivity contribution in [1.29, 1.82) is 0 Å². The zero-order valence-corrected chi connectivity index (χ0v) is 15.7. The lowest BCUT2D eigenvalue weighted by atomic mass is 9.89. The van der Waals surface area contributed by atoms with E-state index in [0.717, 1.165) is 31.2 Å². The number of piperidine rings is 1. The number of carbonyl (C=O) groups excluding carboxylic acids is 2. The first-order valence-electron chi connectivity index (χ1n) is 9.58. The molecule has 1 heterocycles. The lowest BCUT2D eigenvalue weighted by Crippen LogP contribution is -2.52. The molecule has 0 bridgehead atoms. The highest BCUT2D eigenvalue weighted by Gasteiger charge is 2.25. The minimum atomic E-state index is -0.334. The second kappa shape index (κ2) is 8.43. The van der Waals surface area contributed by atoms with Gasteiger partial charge in [-0.2, -0.15) is 0 Å². The molecule has 1 fully saturated rings. The number of hydrogen-bond acceptors (Lipinski definition) is 3. The van der Waals surface area contributed by atoms with E-state index in [1.807, 2.05) is 6.92 Å². The molecule has 26 heavy (non-hydrogen) atoms. The molecule has 3 rings (SSSR count). The minimum Gasteiger partial charge on any atom is -0.453 e. The Balaban J connectivity index is 1.53. The lowest BCUT2D eigenvalue weighted by Gasteiger charge is -2.32. The summed E-state index contributed by atoms with van der Waals surface area (Å²) in [4.78, 5) is 25.7. The van der Waals surface area contributed by atoms with Crippen LogP contribution in [-0.4, -0.2) is 43.3 Å². The average molecular weight is 359 g/mol. The quantitative estimate of drug-likeness (QED) is 0.871. The highest BCUT2D eigenvalue weighted by atomic mass is 16.5. The number of rotatable bonds is 3. The molecule has 1 aromatic carbocycles. The monoisotopic (exact) mass is 359 g/mol. The van der Waals surface area contributed by atoms with Crippen LogP contribution in [0.15, 0.2) is 18.2 Å². The summed E-state index contributed by atoms with van der Waals surface area (Å²) in [5.74, 6) is 0. The first-order valence-corrected chi connectivity index (χ1v) is 9.58. The Bertz CT molecular complexity index is 662. The number of hydrogen-bond donors (Lipinski definition) is 2. The van der Waals surface area contributed by atoms with Crippen LogP contribution in [0, 0.1) is 0 Å². The molecule has 2 atom stereocenters. The minimum absolute atomic E-state index is 0.0430. The molecule has 3 amide bonds. The number of urea groups is 1. The highest BCUT2D eigenvalue weighted by Crippen LogP contribution is 2.24. The normalized spacial score (nSPS) is 20.7. The van der Waals surface area contributed by atoms with Gasteiger partial charge in [0.25, 0.3) is 0 Å². The fraction of sp³-hybridized carbons (Fsp3) is 0.600. The van der Waals surface area contributed by atoms with Crippen LogP contribution in [0.4, 0.5) is 9.59 Å². The first kappa shape index (κ1) is 18.5. The summed E-state index contributed by atoms with van der Waals surface area (Å²) in [7, 11) is 1.38. The van der Waals surface area contributed by atoms with Crippen molar-refractivity contribution in [3.8, 4) is 0 Å². The van der Waals surface area contributed by atoms with Crippen LogP contribution in [0.1, 0.15) is 55.3 Å². The van der Waals surface area contributed by atoms with Crippen LogP contribution >= 0.6 is 0 Å². The zero-order chi connectivity index (χ0) is 18.5. The van der Waals surface area contributed by atoms with Crippen LogP contribution in [0.3, 0.4) is 0 Å². The van der Waals surface area contributed by atoms with Crippen molar-refractivity contribution in [2.24, 2.45) is 0 Å². The van der Waals surface area contributed by atoms with Gasteiger partial charge in [-0.25, -0.2) is 9.59 Å². The van der Waals surface area contributed by atoms with Crippen LogP contribution in [0.25, 0.3) is 0 Å². The van der Waals surface area contributed by atoms with Gasteiger partial charge < -0.3 is 20.3 Å². The van der Waals surface area contributed by atoms with Gasteiger partial charge in [0.2, 0.25) is 0 Å². The van der Waals surface area contributed by atoms with E-state index in [1.165, 1.54) is 31.1 Å². The molecule has 1 aliphatic heterocycles. The van der Waals surface area contributed by atoms with Crippen molar-refractivity contribution in [2.75, 3.05) is 20.2 Å². The Morgan fingerprint density at radius 2 is 1.96 bits per heavy atom. The number of benzene rings is 1. The van der Waals surface area contributed by atoms with Crippen molar-refractivity contribution in [3.05, 3.63) is 34.9 Å². The number of nitrogens with zero attached hydrogens (tertiary/aromatic N) is 1. The largest absolute Gasteiger partial charge is 0.453 e. The average Bonchev–Trinajstić information content (AvgIpc) is 2.67. The van der Waals surface area contributed by atoms with Gasteiger partial charge in [-0.15, -0.1) is 0 Å². The van der Waals surface area contributed by atoms with Gasteiger partial charge >= 0.3 is 12.1 Å². The molecule has 1 aromatic rings.